The molecule has 2 atom stereocenters. The number of ether oxygens (including phenoxy) is 3. The van der Waals surface area contributed by atoms with Crippen molar-refractivity contribution in [1.29, 1.82) is 0 Å². The van der Waals surface area contributed by atoms with E-state index >= 15 is 0 Å². The van der Waals surface area contributed by atoms with Crippen molar-refractivity contribution in [2.75, 3.05) is 31.3 Å². The van der Waals surface area contributed by atoms with Crippen LogP contribution in [0.4, 0.5) is 10.1 Å². The topological polar surface area (TPSA) is 65.3 Å². The van der Waals surface area contributed by atoms with Crippen molar-refractivity contribution in [1.82, 2.24) is 9.61 Å². The van der Waals surface area contributed by atoms with Crippen molar-refractivity contribution < 1.29 is 23.4 Å². The molecule has 8 heteroatoms. The minimum Gasteiger partial charge on any atom is -0.488 e. The van der Waals surface area contributed by atoms with Gasteiger partial charge in [0.2, 0.25) is 0 Å². The molecule has 32 heavy (non-hydrogen) atoms. The molecule has 4 heterocycles. The zero-order valence-electron chi connectivity index (χ0n) is 18.0. The molecule has 0 N–H and O–H groups in total. The van der Waals surface area contributed by atoms with E-state index in [-0.39, 0.29) is 18.0 Å². The smallest absolute Gasteiger partial charge is 0.341 e. The highest BCUT2D eigenvalue weighted by Gasteiger charge is 2.31. The maximum absolute atomic E-state index is 14.3. The molecule has 2 aliphatic heterocycles. The van der Waals surface area contributed by atoms with Crippen LogP contribution in [0.1, 0.15) is 48.1 Å². The van der Waals surface area contributed by atoms with E-state index in [2.05, 4.69) is 10.00 Å². The predicted molar refractivity (Wildman–Crippen MR) is 117 cm³/mol. The van der Waals surface area contributed by atoms with Crippen LogP contribution in [-0.2, 0) is 9.47 Å². The fourth-order valence-electron chi connectivity index (χ4n) is 4.59. The van der Waals surface area contributed by atoms with E-state index in [1.54, 1.807) is 23.6 Å². The van der Waals surface area contributed by atoms with Crippen molar-refractivity contribution in [2.24, 2.45) is 0 Å². The summed E-state index contributed by atoms with van der Waals surface area (Å²) < 4.78 is 32.7. The molecule has 1 aromatic carbocycles. The molecule has 3 aromatic rings. The van der Waals surface area contributed by atoms with Crippen LogP contribution in [-0.4, -0.2) is 48.1 Å². The molecular formula is C24H26FN3O4. The van der Waals surface area contributed by atoms with E-state index in [0.29, 0.717) is 36.7 Å². The number of carbonyl (C=O) groups excluding carboxylic acids is 1. The number of pyridine rings is 1. The second kappa shape index (κ2) is 8.78. The molecule has 2 aromatic heterocycles. The summed E-state index contributed by atoms with van der Waals surface area (Å²) in [5, 5.41) is 4.27. The molecule has 5 rings (SSSR count). The van der Waals surface area contributed by atoms with Crippen LogP contribution in [0.15, 0.2) is 42.7 Å². The Bertz CT molecular complexity index is 1130. The standard InChI is InChI=1S/C24H26FN3O4/c1-2-31-24(29)20-14-26-28-10-7-17(13-22(20)28)27-9-3-4-21(27)19-12-16(25)5-6-23(19)32-18-8-11-30-15-18/h5-7,10,12-14,18,21H,2-4,8-9,11,15H2,1H3/t18?,21-/m1/s1. The largest absolute Gasteiger partial charge is 0.488 e. The van der Waals surface area contributed by atoms with E-state index in [1.165, 1.54) is 12.3 Å². The first-order chi connectivity index (χ1) is 15.6. The third-order valence-electron chi connectivity index (χ3n) is 6.10. The number of carbonyl (C=O) groups is 1. The van der Waals surface area contributed by atoms with Crippen molar-refractivity contribution in [2.45, 2.75) is 38.3 Å². The summed E-state index contributed by atoms with van der Waals surface area (Å²) in [6.07, 6.45) is 6.05. The number of benzene rings is 1. The molecular weight excluding hydrogens is 413 g/mol. The fourth-order valence-corrected chi connectivity index (χ4v) is 4.59. The van der Waals surface area contributed by atoms with Crippen molar-refractivity contribution in [3.8, 4) is 5.75 Å². The van der Waals surface area contributed by atoms with Crippen molar-refractivity contribution >= 4 is 17.2 Å². The Morgan fingerprint density at radius 3 is 3.00 bits per heavy atom. The van der Waals surface area contributed by atoms with Gasteiger partial charge in [-0.2, -0.15) is 5.10 Å². The molecule has 7 nitrogen and oxygen atoms in total. The lowest BCUT2D eigenvalue weighted by Gasteiger charge is -2.29. The molecule has 0 amide bonds. The van der Waals surface area contributed by atoms with E-state index in [1.807, 2.05) is 18.3 Å². The third-order valence-corrected chi connectivity index (χ3v) is 6.10. The Balaban J connectivity index is 1.49. The monoisotopic (exact) mass is 439 g/mol. The molecule has 2 fully saturated rings. The Morgan fingerprint density at radius 2 is 2.19 bits per heavy atom. The number of halogens is 1. The zero-order chi connectivity index (χ0) is 22.1. The average molecular weight is 439 g/mol. The third kappa shape index (κ3) is 3.90. The Labute approximate surface area is 185 Å². The van der Waals surface area contributed by atoms with Crippen molar-refractivity contribution in [3.05, 3.63) is 59.7 Å². The summed E-state index contributed by atoms with van der Waals surface area (Å²) in [4.78, 5) is 14.6. The molecule has 168 valence electrons. The predicted octanol–water partition coefficient (Wildman–Crippen LogP) is 4.16. The second-order valence-electron chi connectivity index (χ2n) is 8.13. The number of fused-ring (bicyclic) bond motifs is 1. The summed E-state index contributed by atoms with van der Waals surface area (Å²) >= 11 is 0. The average Bonchev–Trinajstić information content (AvgIpc) is 3.55. The van der Waals surface area contributed by atoms with Gasteiger partial charge >= 0.3 is 5.97 Å². The lowest BCUT2D eigenvalue weighted by atomic mass is 10.0. The van der Waals surface area contributed by atoms with E-state index in [4.69, 9.17) is 14.2 Å². The number of aromatic nitrogens is 2. The van der Waals surface area contributed by atoms with Crippen LogP contribution in [0.25, 0.3) is 5.52 Å². The highest BCUT2D eigenvalue weighted by molar-refractivity contribution is 5.97. The summed E-state index contributed by atoms with van der Waals surface area (Å²) in [6, 6.07) is 8.63. The first kappa shape index (κ1) is 20.8. The quantitative estimate of drug-likeness (QED) is 0.538. The first-order valence-corrected chi connectivity index (χ1v) is 11.1. The maximum Gasteiger partial charge on any atom is 0.341 e. The minimum absolute atomic E-state index is 0.00987. The summed E-state index contributed by atoms with van der Waals surface area (Å²) in [7, 11) is 0. The van der Waals surface area contributed by atoms with Gasteiger partial charge in [-0.1, -0.05) is 0 Å². The maximum atomic E-state index is 14.3. The lowest BCUT2D eigenvalue weighted by molar-refractivity contribution is 0.0528. The van der Waals surface area contributed by atoms with Gasteiger partial charge in [-0.05, 0) is 50.1 Å². The number of nitrogens with zero attached hydrogens (tertiary/aromatic N) is 3. The van der Waals surface area contributed by atoms with Crippen molar-refractivity contribution in [3.63, 3.8) is 0 Å². The minimum atomic E-state index is -0.391. The van der Waals surface area contributed by atoms with Gasteiger partial charge < -0.3 is 19.1 Å². The van der Waals surface area contributed by atoms with Crippen LogP contribution in [0.3, 0.4) is 0 Å². The number of anilines is 1. The number of esters is 1. The second-order valence-corrected chi connectivity index (χ2v) is 8.13. The van der Waals surface area contributed by atoms with Gasteiger partial charge in [-0.3, -0.25) is 0 Å². The number of rotatable bonds is 6. The van der Waals surface area contributed by atoms with Gasteiger partial charge in [0.1, 0.15) is 23.2 Å². The normalized spacial score (nSPS) is 20.8. The van der Waals surface area contributed by atoms with Gasteiger partial charge in [-0.15, -0.1) is 0 Å². The van der Waals surface area contributed by atoms with E-state index in [9.17, 15) is 9.18 Å². The zero-order valence-corrected chi connectivity index (χ0v) is 18.0. The summed E-state index contributed by atoms with van der Waals surface area (Å²) in [5.41, 5.74) is 2.91. The molecule has 0 radical (unpaired) electrons. The van der Waals surface area contributed by atoms with Crippen LogP contribution in [0, 0.1) is 5.82 Å². The molecule has 0 bridgehead atoms. The van der Waals surface area contributed by atoms with Gasteiger partial charge in [0.15, 0.2) is 0 Å². The molecule has 1 unspecified atom stereocenters. The highest BCUT2D eigenvalue weighted by Crippen LogP contribution is 2.41. The van der Waals surface area contributed by atoms with Gasteiger partial charge in [0.25, 0.3) is 0 Å². The Kier molecular flexibility index (Phi) is 5.70. The van der Waals surface area contributed by atoms with E-state index < -0.39 is 5.97 Å². The summed E-state index contributed by atoms with van der Waals surface area (Å²) in [6.45, 7) is 4.15. The van der Waals surface area contributed by atoms with Gasteiger partial charge in [0, 0.05) is 30.4 Å². The number of hydrogen-bond donors (Lipinski definition) is 0. The van der Waals surface area contributed by atoms with Crippen LogP contribution < -0.4 is 9.64 Å². The fraction of sp³-hybridized carbons (Fsp3) is 0.417. The molecule has 0 aliphatic carbocycles. The van der Waals surface area contributed by atoms with Gasteiger partial charge in [0.05, 0.1) is 37.6 Å². The molecule has 2 saturated heterocycles. The Hall–Kier alpha value is -3.13. The lowest BCUT2D eigenvalue weighted by Crippen LogP contribution is -2.24. The SMILES string of the molecule is CCOC(=O)c1cnn2ccc(N3CCC[C@@H]3c3cc(F)ccc3OC3CCOC3)cc12. The van der Waals surface area contributed by atoms with Crippen LogP contribution in [0.2, 0.25) is 0 Å². The Morgan fingerprint density at radius 1 is 1.28 bits per heavy atom. The van der Waals surface area contributed by atoms with Crippen LogP contribution in [0.5, 0.6) is 5.75 Å². The van der Waals surface area contributed by atoms with Gasteiger partial charge in [-0.25, -0.2) is 13.7 Å². The molecule has 0 spiro atoms. The molecule has 0 saturated carbocycles. The summed E-state index contributed by atoms with van der Waals surface area (Å²) in [5.74, 6) is 0.0337. The number of hydrogen-bond acceptors (Lipinski definition) is 6. The highest BCUT2D eigenvalue weighted by atomic mass is 19.1. The van der Waals surface area contributed by atoms with Crippen LogP contribution >= 0.6 is 0 Å². The molecule has 2 aliphatic rings. The van der Waals surface area contributed by atoms with E-state index in [0.717, 1.165) is 37.1 Å². The first-order valence-electron chi connectivity index (χ1n) is 11.1.